The number of para-hydroxylation sites is 1. The normalized spacial score (nSPS) is 14.4. The molecule has 1 heterocycles. The van der Waals surface area contributed by atoms with Crippen molar-refractivity contribution in [1.29, 1.82) is 0 Å². The third-order valence-corrected chi connectivity index (χ3v) is 7.66. The average molecular weight is 478 g/mol. The van der Waals surface area contributed by atoms with E-state index in [-0.39, 0.29) is 23.0 Å². The summed E-state index contributed by atoms with van der Waals surface area (Å²) in [6, 6.07) is 20.1. The molecule has 5 nitrogen and oxygen atoms in total. The highest BCUT2D eigenvalue weighted by Crippen LogP contribution is 2.34. The van der Waals surface area contributed by atoms with Crippen LogP contribution in [-0.2, 0) is 16.6 Å². The van der Waals surface area contributed by atoms with Crippen LogP contribution in [0, 0.1) is 0 Å². The minimum Gasteiger partial charge on any atom is -0.496 e. The summed E-state index contributed by atoms with van der Waals surface area (Å²) in [6.07, 6.45) is 4.04. The zero-order valence-corrected chi connectivity index (χ0v) is 21.1. The van der Waals surface area contributed by atoms with E-state index < -0.39 is 10.0 Å². The molecule has 0 aliphatic carbocycles. The molecule has 1 aliphatic rings. The van der Waals surface area contributed by atoms with Crippen LogP contribution in [0.4, 0.5) is 5.69 Å². The van der Waals surface area contributed by atoms with Crippen molar-refractivity contribution >= 4 is 21.8 Å². The summed E-state index contributed by atoms with van der Waals surface area (Å²) in [7, 11) is -2.25. The summed E-state index contributed by atoms with van der Waals surface area (Å²) in [5, 5.41) is 0. The first-order valence-electron chi connectivity index (χ1n) is 11.4. The van der Waals surface area contributed by atoms with Gasteiger partial charge in [0.25, 0.3) is 10.0 Å². The van der Waals surface area contributed by atoms with E-state index in [2.05, 4.69) is 0 Å². The molecule has 0 fully saturated rings. The molecule has 4 rings (SSSR count). The fourth-order valence-corrected chi connectivity index (χ4v) is 5.54. The van der Waals surface area contributed by atoms with Crippen molar-refractivity contribution in [2.75, 3.05) is 11.4 Å². The SMILES string of the molecule is COc1ccc(S(=O)(=O)N(Cc2ccc3c(c2)C=CC(C)(C)O3)c2ccccc2)cc1C(C)C. The van der Waals surface area contributed by atoms with E-state index in [9.17, 15) is 8.42 Å². The van der Waals surface area contributed by atoms with Gasteiger partial charge in [0.05, 0.1) is 24.2 Å². The molecule has 0 atom stereocenters. The van der Waals surface area contributed by atoms with Gasteiger partial charge in [0.1, 0.15) is 17.1 Å². The lowest BCUT2D eigenvalue weighted by molar-refractivity contribution is 0.159. The highest BCUT2D eigenvalue weighted by atomic mass is 32.2. The minimum absolute atomic E-state index is 0.118. The number of methoxy groups -OCH3 is 1. The standard InChI is InChI=1S/C28H31NO4S/c1-20(2)25-18-24(12-14-27(25)32-5)34(30,31)29(23-9-7-6-8-10-23)19-21-11-13-26-22(17-21)15-16-28(3,4)33-26/h6-18,20H,19H2,1-5H3. The topological polar surface area (TPSA) is 55.8 Å². The number of nitrogens with zero attached hydrogens (tertiary/aromatic N) is 1. The molecule has 0 amide bonds. The Bertz CT molecular complexity index is 1310. The number of rotatable bonds is 7. The Hall–Kier alpha value is -3.25. The molecular formula is C28H31NO4S. The molecule has 0 radical (unpaired) electrons. The molecule has 1 aliphatic heterocycles. The van der Waals surface area contributed by atoms with E-state index in [1.165, 1.54) is 4.31 Å². The molecule has 0 saturated heterocycles. The van der Waals surface area contributed by atoms with Crippen LogP contribution < -0.4 is 13.8 Å². The Morgan fingerprint density at radius 3 is 2.41 bits per heavy atom. The van der Waals surface area contributed by atoms with E-state index in [0.29, 0.717) is 11.4 Å². The summed E-state index contributed by atoms with van der Waals surface area (Å²) in [4.78, 5) is 0.240. The first-order valence-corrected chi connectivity index (χ1v) is 12.8. The minimum atomic E-state index is -3.84. The third-order valence-electron chi connectivity index (χ3n) is 5.89. The maximum Gasteiger partial charge on any atom is 0.264 e. The molecule has 0 bridgehead atoms. The predicted octanol–water partition coefficient (Wildman–Crippen LogP) is 6.40. The maximum atomic E-state index is 13.9. The smallest absolute Gasteiger partial charge is 0.264 e. The van der Waals surface area contributed by atoms with Gasteiger partial charge in [0.2, 0.25) is 0 Å². The summed E-state index contributed by atoms with van der Waals surface area (Å²) in [6.45, 7) is 8.25. The molecule has 34 heavy (non-hydrogen) atoms. The number of hydrogen-bond donors (Lipinski definition) is 0. The highest BCUT2D eigenvalue weighted by molar-refractivity contribution is 7.92. The van der Waals surface area contributed by atoms with Gasteiger partial charge >= 0.3 is 0 Å². The lowest BCUT2D eigenvalue weighted by Crippen LogP contribution is -2.31. The van der Waals surface area contributed by atoms with Gasteiger partial charge in [-0.2, -0.15) is 0 Å². The van der Waals surface area contributed by atoms with Gasteiger partial charge in [0, 0.05) is 5.56 Å². The number of benzene rings is 3. The summed E-state index contributed by atoms with van der Waals surface area (Å²) < 4.78 is 40.8. The molecule has 6 heteroatoms. The molecule has 0 unspecified atom stereocenters. The van der Waals surface area contributed by atoms with Crippen molar-refractivity contribution in [3.05, 3.63) is 89.5 Å². The lowest BCUT2D eigenvalue weighted by atomic mass is 10.0. The van der Waals surface area contributed by atoms with Crippen LogP contribution in [0.1, 0.15) is 50.3 Å². The second-order valence-electron chi connectivity index (χ2n) is 9.32. The number of anilines is 1. The highest BCUT2D eigenvalue weighted by Gasteiger charge is 2.28. The summed E-state index contributed by atoms with van der Waals surface area (Å²) in [5.41, 5.74) is 2.91. The third kappa shape index (κ3) is 4.82. The molecule has 3 aromatic carbocycles. The first-order chi connectivity index (χ1) is 16.1. The second-order valence-corrected chi connectivity index (χ2v) is 11.2. The van der Waals surface area contributed by atoms with Crippen LogP contribution in [0.3, 0.4) is 0 Å². The van der Waals surface area contributed by atoms with E-state index in [4.69, 9.17) is 9.47 Å². The van der Waals surface area contributed by atoms with Crippen LogP contribution in [-0.4, -0.2) is 21.1 Å². The molecule has 0 N–H and O–H groups in total. The maximum absolute atomic E-state index is 13.9. The molecule has 0 spiro atoms. The molecule has 3 aromatic rings. The molecule has 178 valence electrons. The van der Waals surface area contributed by atoms with Crippen LogP contribution in [0.25, 0.3) is 6.08 Å². The fraction of sp³-hybridized carbons (Fsp3) is 0.286. The number of sulfonamides is 1. The Morgan fingerprint density at radius 2 is 1.74 bits per heavy atom. The second kappa shape index (κ2) is 9.18. The van der Waals surface area contributed by atoms with E-state index in [0.717, 1.165) is 22.4 Å². The predicted molar refractivity (Wildman–Crippen MR) is 137 cm³/mol. The Labute approximate surface area is 202 Å². The largest absolute Gasteiger partial charge is 0.496 e. The Kier molecular flexibility index (Phi) is 6.45. The van der Waals surface area contributed by atoms with Gasteiger partial charge in [0.15, 0.2) is 0 Å². The van der Waals surface area contributed by atoms with Gasteiger partial charge in [-0.15, -0.1) is 0 Å². The molecule has 0 saturated carbocycles. The van der Waals surface area contributed by atoms with Gasteiger partial charge in [-0.1, -0.05) is 44.2 Å². The first kappa shape index (κ1) is 23.9. The van der Waals surface area contributed by atoms with E-state index >= 15 is 0 Å². The Balaban J connectivity index is 1.76. The average Bonchev–Trinajstić information content (AvgIpc) is 2.82. The van der Waals surface area contributed by atoms with E-state index in [1.807, 2.05) is 88.4 Å². The number of hydrogen-bond acceptors (Lipinski definition) is 4. The Morgan fingerprint density at radius 1 is 1.00 bits per heavy atom. The number of fused-ring (bicyclic) bond motifs is 1. The van der Waals surface area contributed by atoms with Crippen LogP contribution in [0.2, 0.25) is 0 Å². The zero-order chi connectivity index (χ0) is 24.5. The van der Waals surface area contributed by atoms with Crippen molar-refractivity contribution in [3.63, 3.8) is 0 Å². The van der Waals surface area contributed by atoms with Crippen molar-refractivity contribution < 1.29 is 17.9 Å². The van der Waals surface area contributed by atoms with Crippen molar-refractivity contribution in [1.82, 2.24) is 0 Å². The lowest BCUT2D eigenvalue weighted by Gasteiger charge is -2.29. The molecular weight excluding hydrogens is 446 g/mol. The quantitative estimate of drug-likeness (QED) is 0.395. The van der Waals surface area contributed by atoms with E-state index in [1.54, 1.807) is 25.3 Å². The van der Waals surface area contributed by atoms with Crippen LogP contribution >= 0.6 is 0 Å². The summed E-state index contributed by atoms with van der Waals surface area (Å²) >= 11 is 0. The zero-order valence-electron chi connectivity index (χ0n) is 20.3. The van der Waals surface area contributed by atoms with Crippen LogP contribution in [0.5, 0.6) is 11.5 Å². The number of ether oxygens (including phenoxy) is 2. The van der Waals surface area contributed by atoms with Crippen molar-refractivity contribution in [2.45, 2.75) is 50.7 Å². The monoisotopic (exact) mass is 477 g/mol. The van der Waals surface area contributed by atoms with Gasteiger partial charge in [-0.3, -0.25) is 4.31 Å². The summed E-state index contributed by atoms with van der Waals surface area (Å²) in [5.74, 6) is 1.60. The van der Waals surface area contributed by atoms with Crippen molar-refractivity contribution in [2.24, 2.45) is 0 Å². The fourth-order valence-electron chi connectivity index (χ4n) is 4.05. The van der Waals surface area contributed by atoms with Gasteiger partial charge < -0.3 is 9.47 Å². The van der Waals surface area contributed by atoms with Gasteiger partial charge in [-0.25, -0.2) is 8.42 Å². The van der Waals surface area contributed by atoms with Gasteiger partial charge in [-0.05, 0) is 79.4 Å². The van der Waals surface area contributed by atoms with Crippen molar-refractivity contribution in [3.8, 4) is 11.5 Å². The van der Waals surface area contributed by atoms with Crippen LogP contribution in [0.15, 0.2) is 77.7 Å². The molecule has 0 aromatic heterocycles.